The number of halogens is 1. The molecule has 1 N–H and O–H groups in total. The molecule has 2 aromatic heterocycles. The average molecular weight is 304 g/mol. The monoisotopic (exact) mass is 303 g/mol. The standard InChI is InChI=1S/C14H10ClN3O3/c1-2-21-14(20)12-13(19)17-8-6-7-4-3-5-16-10(7)9(15)11(8)18-12/h3-6H,2H2,1H3,(H,17,19). The normalized spacial score (nSPS) is 11.0. The summed E-state index contributed by atoms with van der Waals surface area (Å²) < 4.78 is 4.80. The molecule has 2 heterocycles. The topological polar surface area (TPSA) is 84.9 Å². The molecular formula is C14H10ClN3O3. The molecule has 0 aliphatic carbocycles. The van der Waals surface area contributed by atoms with Gasteiger partial charge in [-0.3, -0.25) is 9.78 Å². The molecule has 0 radical (unpaired) electrons. The van der Waals surface area contributed by atoms with Gasteiger partial charge in [-0.05, 0) is 19.1 Å². The number of carbonyl (C=O) groups excluding carboxylic acids is 1. The minimum Gasteiger partial charge on any atom is -0.461 e. The fourth-order valence-corrected chi connectivity index (χ4v) is 2.36. The van der Waals surface area contributed by atoms with Crippen LogP contribution in [0.1, 0.15) is 17.4 Å². The Bertz CT molecular complexity index is 920. The van der Waals surface area contributed by atoms with Crippen LogP contribution in [0.15, 0.2) is 29.2 Å². The number of nitrogens with one attached hydrogen (secondary N) is 1. The third-order valence-corrected chi connectivity index (χ3v) is 3.32. The fraction of sp³-hybridized carbons (Fsp3) is 0.143. The lowest BCUT2D eigenvalue weighted by Crippen LogP contribution is -2.22. The highest BCUT2D eigenvalue weighted by atomic mass is 35.5. The molecule has 1 aromatic carbocycles. The van der Waals surface area contributed by atoms with Crippen molar-refractivity contribution in [2.45, 2.75) is 6.92 Å². The molecule has 3 rings (SSSR count). The molecule has 0 spiro atoms. The number of hydrogen-bond donors (Lipinski definition) is 1. The Morgan fingerprint density at radius 1 is 1.43 bits per heavy atom. The van der Waals surface area contributed by atoms with Gasteiger partial charge in [0.1, 0.15) is 5.52 Å². The van der Waals surface area contributed by atoms with Gasteiger partial charge in [0, 0.05) is 11.6 Å². The van der Waals surface area contributed by atoms with E-state index in [4.69, 9.17) is 16.3 Å². The van der Waals surface area contributed by atoms with Crippen molar-refractivity contribution in [2.75, 3.05) is 6.61 Å². The highest BCUT2D eigenvalue weighted by molar-refractivity contribution is 6.39. The van der Waals surface area contributed by atoms with Gasteiger partial charge in [-0.15, -0.1) is 0 Å². The molecule has 3 aromatic rings. The molecule has 0 saturated carbocycles. The lowest BCUT2D eigenvalue weighted by Gasteiger charge is -2.06. The maximum Gasteiger partial charge on any atom is 0.362 e. The van der Waals surface area contributed by atoms with Gasteiger partial charge < -0.3 is 9.72 Å². The molecule has 0 aliphatic heterocycles. The third kappa shape index (κ3) is 2.23. The summed E-state index contributed by atoms with van der Waals surface area (Å²) in [6.07, 6.45) is 1.61. The number of carbonyl (C=O) groups is 1. The number of rotatable bonds is 2. The van der Waals surface area contributed by atoms with Gasteiger partial charge in [0.25, 0.3) is 5.56 Å². The number of nitrogens with zero attached hydrogens (tertiary/aromatic N) is 2. The minimum atomic E-state index is -0.780. The van der Waals surface area contributed by atoms with Crippen molar-refractivity contribution in [3.05, 3.63) is 45.5 Å². The van der Waals surface area contributed by atoms with E-state index in [-0.39, 0.29) is 17.3 Å². The van der Waals surface area contributed by atoms with Gasteiger partial charge in [0.05, 0.1) is 22.7 Å². The van der Waals surface area contributed by atoms with Crippen molar-refractivity contribution in [1.29, 1.82) is 0 Å². The van der Waals surface area contributed by atoms with Crippen molar-refractivity contribution >= 4 is 39.5 Å². The Morgan fingerprint density at radius 2 is 2.24 bits per heavy atom. The summed E-state index contributed by atoms with van der Waals surface area (Å²) in [5.41, 5.74) is 0.381. The predicted octanol–water partition coefficient (Wildman–Crippen LogP) is 2.30. The van der Waals surface area contributed by atoms with Gasteiger partial charge in [0.15, 0.2) is 0 Å². The maximum absolute atomic E-state index is 11.9. The number of esters is 1. The van der Waals surface area contributed by atoms with Gasteiger partial charge in [0.2, 0.25) is 5.69 Å². The van der Waals surface area contributed by atoms with Crippen molar-refractivity contribution in [1.82, 2.24) is 15.0 Å². The van der Waals surface area contributed by atoms with Crippen LogP contribution in [-0.2, 0) is 4.74 Å². The van der Waals surface area contributed by atoms with Crippen LogP contribution in [0, 0.1) is 0 Å². The highest BCUT2D eigenvalue weighted by Gasteiger charge is 2.17. The van der Waals surface area contributed by atoms with Crippen LogP contribution in [0.25, 0.3) is 21.9 Å². The van der Waals surface area contributed by atoms with Gasteiger partial charge in [-0.25, -0.2) is 9.78 Å². The smallest absolute Gasteiger partial charge is 0.362 e. The number of aromatic amines is 1. The molecule has 0 unspecified atom stereocenters. The Labute approximate surface area is 123 Å². The van der Waals surface area contributed by atoms with Crippen molar-refractivity contribution < 1.29 is 9.53 Å². The average Bonchev–Trinajstić information content (AvgIpc) is 2.47. The van der Waals surface area contributed by atoms with Crippen LogP contribution >= 0.6 is 11.6 Å². The molecule has 0 amide bonds. The number of hydrogen-bond acceptors (Lipinski definition) is 5. The van der Waals surface area contributed by atoms with Crippen LogP contribution in [0.5, 0.6) is 0 Å². The van der Waals surface area contributed by atoms with Crippen LogP contribution < -0.4 is 5.56 Å². The summed E-state index contributed by atoms with van der Waals surface area (Å²) in [5, 5.41) is 1.06. The minimum absolute atomic E-state index is 0.158. The second-order valence-corrected chi connectivity index (χ2v) is 4.67. The Kier molecular flexibility index (Phi) is 3.31. The van der Waals surface area contributed by atoms with Crippen molar-refractivity contribution in [3.63, 3.8) is 0 Å². The first-order valence-corrected chi connectivity index (χ1v) is 6.64. The summed E-state index contributed by atoms with van der Waals surface area (Å²) in [4.78, 5) is 34.5. The van der Waals surface area contributed by atoms with Crippen LogP contribution in [-0.4, -0.2) is 27.5 Å². The summed E-state index contributed by atoms with van der Waals surface area (Å²) >= 11 is 6.28. The molecule has 0 fully saturated rings. The molecule has 6 nitrogen and oxygen atoms in total. The molecule has 0 aliphatic rings. The molecule has 0 saturated heterocycles. The van der Waals surface area contributed by atoms with Crippen molar-refractivity contribution in [2.24, 2.45) is 0 Å². The van der Waals surface area contributed by atoms with E-state index in [2.05, 4.69) is 15.0 Å². The molecule has 21 heavy (non-hydrogen) atoms. The highest BCUT2D eigenvalue weighted by Crippen LogP contribution is 2.28. The lowest BCUT2D eigenvalue weighted by molar-refractivity contribution is 0.0517. The van der Waals surface area contributed by atoms with Gasteiger partial charge >= 0.3 is 5.97 Å². The van der Waals surface area contributed by atoms with E-state index >= 15 is 0 Å². The molecule has 0 bridgehead atoms. The summed E-state index contributed by atoms with van der Waals surface area (Å²) in [5.74, 6) is -0.780. The van der Waals surface area contributed by atoms with E-state index in [0.29, 0.717) is 16.6 Å². The molecule has 7 heteroatoms. The zero-order valence-corrected chi connectivity index (χ0v) is 11.8. The number of pyridine rings is 1. The van der Waals surface area contributed by atoms with Crippen LogP contribution in [0.2, 0.25) is 5.02 Å². The molecule has 0 atom stereocenters. The lowest BCUT2D eigenvalue weighted by atomic mass is 10.2. The zero-order valence-electron chi connectivity index (χ0n) is 11.0. The van der Waals surface area contributed by atoms with E-state index < -0.39 is 11.5 Å². The van der Waals surface area contributed by atoms with E-state index in [0.717, 1.165) is 5.39 Å². The Hall–Kier alpha value is -2.47. The first kappa shape index (κ1) is 13.5. The van der Waals surface area contributed by atoms with Crippen molar-refractivity contribution in [3.8, 4) is 0 Å². The number of aromatic nitrogens is 3. The molecular weight excluding hydrogens is 294 g/mol. The van der Waals surface area contributed by atoms with E-state index in [1.165, 1.54) is 0 Å². The van der Waals surface area contributed by atoms with E-state index in [1.807, 2.05) is 6.07 Å². The van der Waals surface area contributed by atoms with Gasteiger partial charge in [-0.2, -0.15) is 0 Å². The third-order valence-electron chi connectivity index (χ3n) is 2.97. The zero-order chi connectivity index (χ0) is 15.0. The summed E-state index contributed by atoms with van der Waals surface area (Å²) in [6, 6.07) is 5.31. The number of fused-ring (bicyclic) bond motifs is 2. The predicted molar refractivity (Wildman–Crippen MR) is 78.6 cm³/mol. The number of H-pyrrole nitrogens is 1. The second-order valence-electron chi connectivity index (χ2n) is 4.30. The summed E-state index contributed by atoms with van der Waals surface area (Å²) in [7, 11) is 0. The SMILES string of the molecule is CCOC(=O)c1nc2c(Cl)c3ncccc3cc2[nH]c1=O. The number of benzene rings is 1. The van der Waals surface area contributed by atoms with E-state index in [1.54, 1.807) is 25.3 Å². The number of ether oxygens (including phenoxy) is 1. The largest absolute Gasteiger partial charge is 0.461 e. The van der Waals surface area contributed by atoms with Gasteiger partial charge in [-0.1, -0.05) is 17.7 Å². The maximum atomic E-state index is 11.9. The Balaban J connectivity index is 2.34. The Morgan fingerprint density at radius 3 is 3.00 bits per heavy atom. The van der Waals surface area contributed by atoms with E-state index in [9.17, 15) is 9.59 Å². The first-order chi connectivity index (χ1) is 10.1. The second kappa shape index (κ2) is 5.14. The first-order valence-electron chi connectivity index (χ1n) is 6.26. The summed E-state index contributed by atoms with van der Waals surface area (Å²) in [6.45, 7) is 1.81. The quantitative estimate of drug-likeness (QED) is 0.580. The molecule has 106 valence electrons. The fourth-order valence-electron chi connectivity index (χ4n) is 2.06. The van der Waals surface area contributed by atoms with Crippen LogP contribution in [0.3, 0.4) is 0 Å². The van der Waals surface area contributed by atoms with Crippen LogP contribution in [0.4, 0.5) is 0 Å².